The molecule has 4 bridgehead atoms. The van der Waals surface area contributed by atoms with Crippen molar-refractivity contribution in [1.82, 2.24) is 0 Å². The van der Waals surface area contributed by atoms with E-state index in [-0.39, 0.29) is 23.7 Å². The first-order chi connectivity index (χ1) is 11.9. The molecule has 5 aliphatic carbocycles. The average molecular weight is 420 g/mol. The fraction of sp³-hybridized carbons (Fsp3) is 0.579. The molecule has 2 nitrogen and oxygen atoms in total. The van der Waals surface area contributed by atoms with Crippen LogP contribution in [0.4, 0.5) is 0 Å². The Bertz CT molecular complexity index is 743. The second-order valence-electron chi connectivity index (χ2n) is 7.55. The molecule has 0 saturated heterocycles. The van der Waals surface area contributed by atoms with Crippen molar-refractivity contribution in [2.24, 2.45) is 11.8 Å². The lowest BCUT2D eigenvalue weighted by molar-refractivity contribution is -0.220. The fourth-order valence-corrected chi connectivity index (χ4v) is 8.75. The number of fused-ring (bicyclic) bond motifs is 3. The van der Waals surface area contributed by atoms with Crippen LogP contribution in [-0.2, 0) is 9.47 Å². The first-order valence-corrected chi connectivity index (χ1v) is 10.0. The Morgan fingerprint density at radius 1 is 0.840 bits per heavy atom. The van der Waals surface area contributed by atoms with Crippen LogP contribution in [0.2, 0.25) is 0 Å². The van der Waals surface area contributed by atoms with Crippen molar-refractivity contribution in [3.8, 4) is 0 Å². The molecule has 134 valence electrons. The number of hydrogen-bond donors (Lipinski definition) is 0. The van der Waals surface area contributed by atoms with Gasteiger partial charge in [0, 0.05) is 26.1 Å². The Labute approximate surface area is 167 Å². The molecule has 6 rings (SSSR count). The number of ether oxygens (including phenoxy) is 2. The first-order valence-electron chi connectivity index (χ1n) is 8.53. The van der Waals surface area contributed by atoms with E-state index in [0.29, 0.717) is 10.1 Å². The molecule has 1 aromatic rings. The first kappa shape index (κ1) is 17.2. The standard InChI is InChI=1S/C19H18Cl4O2/c1-24-19(25-2)17(22)13-11-7-8-12(10-6-4-3-5-9(10)11)14(13)18(19,23)16(21)15(17)20/h3-6,11-14H,7-8H2,1-2H3/t11-,12-,13+,14+,17+,18+/m1/s1. The van der Waals surface area contributed by atoms with Crippen LogP contribution in [0.25, 0.3) is 0 Å². The number of halogens is 4. The van der Waals surface area contributed by atoms with Crippen LogP contribution in [0, 0.1) is 11.8 Å². The molecule has 0 heterocycles. The normalized spacial score (nSPS) is 45.7. The van der Waals surface area contributed by atoms with E-state index in [9.17, 15) is 0 Å². The zero-order valence-electron chi connectivity index (χ0n) is 13.9. The summed E-state index contributed by atoms with van der Waals surface area (Å²) >= 11 is 27.9. The second-order valence-corrected chi connectivity index (χ2v) is 9.50. The largest absolute Gasteiger partial charge is 0.350 e. The van der Waals surface area contributed by atoms with E-state index in [1.54, 1.807) is 14.2 Å². The SMILES string of the molecule is COC1(OC)[C@@]2(Cl)C(Cl)=C(Cl)[C@@]1(Cl)[C@@H]1[C@@H]2[C@@H]2CC[C@@H]1c1ccccc12. The molecule has 25 heavy (non-hydrogen) atoms. The molecule has 0 aliphatic heterocycles. The lowest BCUT2D eigenvalue weighted by Gasteiger charge is -2.53. The molecule has 1 aromatic carbocycles. The van der Waals surface area contributed by atoms with Crippen molar-refractivity contribution < 1.29 is 9.47 Å². The van der Waals surface area contributed by atoms with Gasteiger partial charge < -0.3 is 9.47 Å². The highest BCUT2D eigenvalue weighted by Gasteiger charge is 2.87. The Morgan fingerprint density at radius 3 is 1.60 bits per heavy atom. The summed E-state index contributed by atoms with van der Waals surface area (Å²) in [6, 6.07) is 8.58. The van der Waals surface area contributed by atoms with Gasteiger partial charge >= 0.3 is 0 Å². The molecule has 5 aliphatic rings. The molecule has 2 fully saturated rings. The van der Waals surface area contributed by atoms with E-state index in [4.69, 9.17) is 55.9 Å². The maximum absolute atomic E-state index is 7.28. The minimum atomic E-state index is -1.28. The highest BCUT2D eigenvalue weighted by Crippen LogP contribution is 2.80. The number of rotatable bonds is 2. The number of hydrogen-bond acceptors (Lipinski definition) is 2. The minimum absolute atomic E-state index is 0.0233. The van der Waals surface area contributed by atoms with Crippen LogP contribution >= 0.6 is 46.4 Å². The van der Waals surface area contributed by atoms with Gasteiger partial charge in [-0.3, -0.25) is 0 Å². The van der Waals surface area contributed by atoms with Crippen LogP contribution in [0.15, 0.2) is 34.3 Å². The smallest absolute Gasteiger partial charge is 0.217 e. The third-order valence-corrected chi connectivity index (χ3v) is 9.76. The van der Waals surface area contributed by atoms with Crippen molar-refractivity contribution in [1.29, 1.82) is 0 Å². The summed E-state index contributed by atoms with van der Waals surface area (Å²) in [6.45, 7) is 0. The summed E-state index contributed by atoms with van der Waals surface area (Å²) in [4.78, 5) is -2.17. The maximum atomic E-state index is 7.28. The van der Waals surface area contributed by atoms with E-state index in [1.165, 1.54) is 11.1 Å². The Balaban J connectivity index is 1.83. The van der Waals surface area contributed by atoms with Gasteiger partial charge in [-0.25, -0.2) is 0 Å². The quantitative estimate of drug-likeness (QED) is 0.461. The zero-order valence-corrected chi connectivity index (χ0v) is 16.9. The number of benzene rings is 1. The molecule has 0 radical (unpaired) electrons. The summed E-state index contributed by atoms with van der Waals surface area (Å²) < 4.78 is 11.8. The van der Waals surface area contributed by atoms with Gasteiger partial charge in [0.15, 0.2) is 0 Å². The maximum Gasteiger partial charge on any atom is 0.217 e. The number of alkyl halides is 2. The van der Waals surface area contributed by atoms with E-state index >= 15 is 0 Å². The van der Waals surface area contributed by atoms with Crippen molar-refractivity contribution >= 4 is 46.4 Å². The van der Waals surface area contributed by atoms with Gasteiger partial charge in [0.1, 0.15) is 9.75 Å². The van der Waals surface area contributed by atoms with E-state index in [1.807, 2.05) is 0 Å². The summed E-state index contributed by atoms with van der Waals surface area (Å²) in [5.41, 5.74) is 2.71. The van der Waals surface area contributed by atoms with Gasteiger partial charge in [-0.15, -0.1) is 23.2 Å². The van der Waals surface area contributed by atoms with Crippen molar-refractivity contribution in [2.75, 3.05) is 14.2 Å². The predicted molar refractivity (Wildman–Crippen MR) is 101 cm³/mol. The lowest BCUT2D eigenvalue weighted by atomic mass is 9.53. The Hall–Kier alpha value is 0.0400. The van der Waals surface area contributed by atoms with Crippen LogP contribution in [-0.4, -0.2) is 29.8 Å². The molecular weight excluding hydrogens is 402 g/mol. The highest BCUT2D eigenvalue weighted by molar-refractivity contribution is 6.52. The predicted octanol–water partition coefficient (Wildman–Crippen LogP) is 5.55. The van der Waals surface area contributed by atoms with E-state index in [2.05, 4.69) is 24.3 Å². The van der Waals surface area contributed by atoms with Crippen LogP contribution in [0.1, 0.15) is 35.8 Å². The van der Waals surface area contributed by atoms with Crippen molar-refractivity contribution in [2.45, 2.75) is 40.2 Å². The summed E-state index contributed by atoms with van der Waals surface area (Å²) in [5, 5.41) is 0.752. The second kappa shape index (κ2) is 5.10. The average Bonchev–Trinajstić information content (AvgIpc) is 2.92. The topological polar surface area (TPSA) is 18.5 Å². The van der Waals surface area contributed by atoms with Gasteiger partial charge in [0.25, 0.3) is 0 Å². The lowest BCUT2D eigenvalue weighted by Crippen LogP contribution is -2.57. The highest BCUT2D eigenvalue weighted by atomic mass is 35.5. The molecule has 0 aromatic heterocycles. The summed E-state index contributed by atoms with van der Waals surface area (Å²) in [5.74, 6) is -0.694. The monoisotopic (exact) mass is 418 g/mol. The molecule has 0 N–H and O–H groups in total. The van der Waals surface area contributed by atoms with Gasteiger partial charge in [-0.2, -0.15) is 0 Å². The van der Waals surface area contributed by atoms with Gasteiger partial charge in [0.2, 0.25) is 5.79 Å². The fourth-order valence-electron chi connectivity index (χ4n) is 6.43. The molecule has 6 heteroatoms. The molecule has 0 unspecified atom stereocenters. The van der Waals surface area contributed by atoms with Crippen LogP contribution in [0.5, 0.6) is 0 Å². The Morgan fingerprint density at radius 2 is 1.24 bits per heavy atom. The third-order valence-electron chi connectivity index (χ3n) is 7.12. The van der Waals surface area contributed by atoms with E-state index < -0.39 is 15.5 Å². The van der Waals surface area contributed by atoms with Gasteiger partial charge in [-0.1, -0.05) is 47.5 Å². The zero-order chi connectivity index (χ0) is 17.8. The van der Waals surface area contributed by atoms with Crippen molar-refractivity contribution in [3.63, 3.8) is 0 Å². The molecule has 6 atom stereocenters. The molecule has 2 saturated carbocycles. The molecular formula is C19H18Cl4O2. The summed E-state index contributed by atoms with van der Waals surface area (Å²) in [7, 11) is 3.15. The summed E-state index contributed by atoms with van der Waals surface area (Å²) in [6.07, 6.45) is 2.13. The van der Waals surface area contributed by atoms with Crippen LogP contribution < -0.4 is 0 Å². The van der Waals surface area contributed by atoms with E-state index in [0.717, 1.165) is 12.8 Å². The minimum Gasteiger partial charge on any atom is -0.350 e. The third kappa shape index (κ3) is 1.51. The van der Waals surface area contributed by atoms with Crippen molar-refractivity contribution in [3.05, 3.63) is 45.5 Å². The number of methoxy groups -OCH3 is 2. The molecule has 0 amide bonds. The Kier molecular flexibility index (Phi) is 3.50. The van der Waals surface area contributed by atoms with Gasteiger partial charge in [-0.05, 0) is 35.8 Å². The molecule has 0 spiro atoms. The van der Waals surface area contributed by atoms with Crippen LogP contribution in [0.3, 0.4) is 0 Å². The van der Waals surface area contributed by atoms with Gasteiger partial charge in [0.05, 0.1) is 10.1 Å².